The Balaban J connectivity index is 2.07. The van der Waals surface area contributed by atoms with Crippen LogP contribution in [-0.2, 0) is 9.53 Å². The van der Waals surface area contributed by atoms with Gasteiger partial charge >= 0.3 is 5.97 Å². The van der Waals surface area contributed by atoms with E-state index in [2.05, 4.69) is 0 Å². The summed E-state index contributed by atoms with van der Waals surface area (Å²) in [5, 5.41) is 0.535. The van der Waals surface area contributed by atoms with E-state index in [1.165, 1.54) is 0 Å². The highest BCUT2D eigenvalue weighted by atomic mass is 35.5. The maximum Gasteiger partial charge on any atom is 0.316 e. The van der Waals surface area contributed by atoms with Crippen molar-refractivity contribution in [1.82, 2.24) is 0 Å². The normalized spacial score (nSPS) is 28.5. The van der Waals surface area contributed by atoms with E-state index in [1.807, 2.05) is 45.0 Å². The van der Waals surface area contributed by atoms with Crippen molar-refractivity contribution in [2.75, 3.05) is 7.11 Å². The predicted molar refractivity (Wildman–Crippen MR) is 99.6 cm³/mol. The smallest absolute Gasteiger partial charge is 0.316 e. The molecule has 0 atom stereocenters. The lowest BCUT2D eigenvalue weighted by Crippen LogP contribution is -2.54. The van der Waals surface area contributed by atoms with Gasteiger partial charge in [0.25, 0.3) is 0 Å². The summed E-state index contributed by atoms with van der Waals surface area (Å²) in [5.41, 5.74) is 6.89. The number of carbonyl (C=O) groups excluding carboxylic acids is 1. The Morgan fingerprint density at radius 3 is 2.40 bits per heavy atom. The van der Waals surface area contributed by atoms with Gasteiger partial charge in [-0.15, -0.1) is 0 Å². The second kappa shape index (κ2) is 6.03. The fourth-order valence-corrected chi connectivity index (χ4v) is 4.15. The van der Waals surface area contributed by atoms with Crippen LogP contribution in [0.2, 0.25) is 5.02 Å². The number of benzene rings is 1. The standard InChI is InChI=1S/C20H26ClNO3/c1-18(2,3)25-17(23)19-8-10-20(22,11-9-19)14(12-19)13-6-5-7-15(24-4)16(13)21/h5-7,12H,8-11,22H2,1-4H3. The van der Waals surface area contributed by atoms with E-state index in [-0.39, 0.29) is 5.97 Å². The van der Waals surface area contributed by atoms with Gasteiger partial charge < -0.3 is 15.2 Å². The molecule has 0 saturated heterocycles. The molecule has 4 rings (SSSR count). The molecule has 0 unspecified atom stereocenters. The van der Waals surface area contributed by atoms with Crippen LogP contribution >= 0.6 is 11.6 Å². The van der Waals surface area contributed by atoms with Gasteiger partial charge in [0.1, 0.15) is 11.4 Å². The van der Waals surface area contributed by atoms with Crippen LogP contribution in [0, 0.1) is 5.41 Å². The van der Waals surface area contributed by atoms with Crippen molar-refractivity contribution >= 4 is 23.1 Å². The predicted octanol–water partition coefficient (Wildman–Crippen LogP) is 4.35. The first-order valence-corrected chi connectivity index (χ1v) is 9.07. The summed E-state index contributed by atoms with van der Waals surface area (Å²) in [6, 6.07) is 5.65. The van der Waals surface area contributed by atoms with Gasteiger partial charge in [-0.1, -0.05) is 29.8 Å². The summed E-state index contributed by atoms with van der Waals surface area (Å²) in [6.45, 7) is 5.68. The first kappa shape index (κ1) is 18.3. The molecular formula is C20H26ClNO3. The van der Waals surface area contributed by atoms with Gasteiger partial charge in [0.2, 0.25) is 0 Å². The number of fused-ring (bicyclic) bond motifs is 2. The van der Waals surface area contributed by atoms with Gasteiger partial charge in [-0.25, -0.2) is 0 Å². The van der Waals surface area contributed by atoms with Crippen molar-refractivity contribution < 1.29 is 14.3 Å². The fraction of sp³-hybridized carbons (Fsp3) is 0.550. The molecule has 1 fully saturated rings. The third-order valence-electron chi connectivity index (χ3n) is 5.27. The zero-order valence-electron chi connectivity index (χ0n) is 15.3. The third kappa shape index (κ3) is 3.18. The summed E-state index contributed by atoms with van der Waals surface area (Å²) in [5.74, 6) is 0.440. The van der Waals surface area contributed by atoms with E-state index in [1.54, 1.807) is 7.11 Å². The molecule has 1 saturated carbocycles. The molecule has 2 N–H and O–H groups in total. The van der Waals surface area contributed by atoms with Crippen LogP contribution in [0.3, 0.4) is 0 Å². The van der Waals surface area contributed by atoms with Crippen molar-refractivity contribution in [3.05, 3.63) is 34.9 Å². The Kier molecular flexibility index (Phi) is 4.41. The molecule has 0 aromatic heterocycles. The molecular weight excluding hydrogens is 338 g/mol. The van der Waals surface area contributed by atoms with Crippen LogP contribution in [0.1, 0.15) is 52.0 Å². The van der Waals surface area contributed by atoms with Gasteiger partial charge in [-0.2, -0.15) is 0 Å². The molecule has 3 aliphatic rings. The van der Waals surface area contributed by atoms with E-state index < -0.39 is 16.6 Å². The topological polar surface area (TPSA) is 61.5 Å². The molecule has 0 spiro atoms. The first-order chi connectivity index (χ1) is 11.6. The van der Waals surface area contributed by atoms with Gasteiger partial charge in [0.05, 0.1) is 17.5 Å². The molecule has 136 valence electrons. The second-order valence-electron chi connectivity index (χ2n) is 8.19. The Labute approximate surface area is 154 Å². The number of hydrogen-bond donors (Lipinski definition) is 1. The molecule has 0 heterocycles. The number of nitrogens with two attached hydrogens (primary N) is 1. The molecule has 1 aromatic carbocycles. The van der Waals surface area contributed by atoms with Crippen LogP contribution in [0.4, 0.5) is 0 Å². The van der Waals surface area contributed by atoms with Gasteiger partial charge in [0.15, 0.2) is 0 Å². The van der Waals surface area contributed by atoms with Crippen LogP contribution in [0.15, 0.2) is 24.3 Å². The molecule has 3 aliphatic carbocycles. The summed E-state index contributed by atoms with van der Waals surface area (Å²) < 4.78 is 11.0. The van der Waals surface area contributed by atoms with Crippen LogP contribution in [0.5, 0.6) is 5.75 Å². The molecule has 25 heavy (non-hydrogen) atoms. The SMILES string of the molecule is COc1cccc(C2=CC3(C(=O)OC(C)(C)C)CCC2(N)CC3)c1Cl. The summed E-state index contributed by atoms with van der Waals surface area (Å²) in [4.78, 5) is 12.9. The number of halogens is 1. The minimum absolute atomic E-state index is 0.168. The average molecular weight is 364 g/mol. The number of ether oxygens (including phenoxy) is 2. The zero-order valence-corrected chi connectivity index (χ0v) is 16.1. The quantitative estimate of drug-likeness (QED) is 0.811. The van der Waals surface area contributed by atoms with Crippen LogP contribution < -0.4 is 10.5 Å². The molecule has 4 nitrogen and oxygen atoms in total. The lowest BCUT2D eigenvalue weighted by atomic mass is 9.57. The summed E-state index contributed by atoms with van der Waals surface area (Å²) in [7, 11) is 1.59. The van der Waals surface area contributed by atoms with Crippen molar-refractivity contribution in [3.63, 3.8) is 0 Å². The van der Waals surface area contributed by atoms with E-state index in [0.717, 1.165) is 24.0 Å². The highest BCUT2D eigenvalue weighted by Crippen LogP contribution is 2.55. The lowest BCUT2D eigenvalue weighted by molar-refractivity contribution is -0.167. The van der Waals surface area contributed by atoms with Gasteiger partial charge in [-0.05, 0) is 58.1 Å². The van der Waals surface area contributed by atoms with Crippen molar-refractivity contribution in [1.29, 1.82) is 0 Å². The molecule has 0 aliphatic heterocycles. The molecule has 0 amide bonds. The van der Waals surface area contributed by atoms with Crippen molar-refractivity contribution in [3.8, 4) is 5.75 Å². The maximum absolute atomic E-state index is 12.9. The molecule has 5 heteroatoms. The number of methoxy groups -OCH3 is 1. The number of carbonyl (C=O) groups is 1. The minimum Gasteiger partial charge on any atom is -0.495 e. The maximum atomic E-state index is 12.9. The van der Waals surface area contributed by atoms with Gasteiger partial charge in [0, 0.05) is 11.1 Å². The second-order valence-corrected chi connectivity index (χ2v) is 8.57. The Morgan fingerprint density at radius 1 is 1.20 bits per heavy atom. The summed E-state index contributed by atoms with van der Waals surface area (Å²) >= 11 is 6.54. The molecule has 2 bridgehead atoms. The number of esters is 1. The first-order valence-electron chi connectivity index (χ1n) is 8.69. The Bertz CT molecular complexity index is 725. The Hall–Kier alpha value is -1.52. The number of rotatable bonds is 3. The highest BCUT2D eigenvalue weighted by molar-refractivity contribution is 6.34. The highest BCUT2D eigenvalue weighted by Gasteiger charge is 2.53. The monoisotopic (exact) mass is 363 g/mol. The lowest BCUT2D eigenvalue weighted by Gasteiger charge is -2.49. The average Bonchev–Trinajstić information content (AvgIpc) is 2.54. The Morgan fingerprint density at radius 2 is 1.84 bits per heavy atom. The zero-order chi connectivity index (χ0) is 18.5. The number of hydrogen-bond acceptors (Lipinski definition) is 4. The van der Waals surface area contributed by atoms with E-state index in [0.29, 0.717) is 23.6 Å². The van der Waals surface area contributed by atoms with E-state index in [4.69, 9.17) is 26.8 Å². The summed E-state index contributed by atoms with van der Waals surface area (Å²) in [6.07, 6.45) is 4.92. The molecule has 0 radical (unpaired) electrons. The third-order valence-corrected chi connectivity index (χ3v) is 5.66. The molecule has 1 aromatic rings. The van der Waals surface area contributed by atoms with Crippen LogP contribution in [0.25, 0.3) is 5.57 Å². The van der Waals surface area contributed by atoms with Crippen molar-refractivity contribution in [2.45, 2.75) is 57.6 Å². The fourth-order valence-electron chi connectivity index (χ4n) is 3.84. The van der Waals surface area contributed by atoms with Gasteiger partial charge in [-0.3, -0.25) is 4.79 Å². The largest absolute Gasteiger partial charge is 0.495 e. The van der Waals surface area contributed by atoms with Crippen molar-refractivity contribution in [2.24, 2.45) is 11.1 Å². The minimum atomic E-state index is -0.615. The van der Waals surface area contributed by atoms with Crippen LogP contribution in [-0.4, -0.2) is 24.2 Å². The van der Waals surface area contributed by atoms with E-state index >= 15 is 0 Å². The van der Waals surface area contributed by atoms with E-state index in [9.17, 15) is 4.79 Å².